The molecule has 142 valence electrons. The first-order valence-corrected chi connectivity index (χ1v) is 8.50. The predicted molar refractivity (Wildman–Crippen MR) is 102 cm³/mol. The summed E-state index contributed by atoms with van der Waals surface area (Å²) in [5, 5.41) is 17.1. The van der Waals surface area contributed by atoms with Gasteiger partial charge < -0.3 is 5.11 Å². The van der Waals surface area contributed by atoms with E-state index in [2.05, 4.69) is 20.1 Å². The van der Waals surface area contributed by atoms with Crippen molar-refractivity contribution in [2.75, 3.05) is 0 Å². The zero-order chi connectivity index (χ0) is 20.4. The highest BCUT2D eigenvalue weighted by Gasteiger charge is 2.36. The van der Waals surface area contributed by atoms with Crippen LogP contribution < -0.4 is 0 Å². The monoisotopic (exact) mass is 378 g/mol. The molecule has 0 aliphatic carbocycles. The SMILES string of the molecule is [N-]=[N+]=NC(=O)[C@H](Cc1ccccc1)C(O)[C@@H](Cc1ccccc1)C(=O)N=[N+]=[N-]. The van der Waals surface area contributed by atoms with Crippen molar-refractivity contribution in [1.29, 1.82) is 0 Å². The third-order valence-corrected chi connectivity index (χ3v) is 4.34. The van der Waals surface area contributed by atoms with Gasteiger partial charge in [-0.1, -0.05) is 60.7 Å². The van der Waals surface area contributed by atoms with Crippen LogP contribution in [0.15, 0.2) is 70.9 Å². The van der Waals surface area contributed by atoms with E-state index in [4.69, 9.17) is 11.1 Å². The molecule has 2 rings (SSSR count). The van der Waals surface area contributed by atoms with Crippen LogP contribution in [0.1, 0.15) is 11.1 Å². The number of amides is 2. The van der Waals surface area contributed by atoms with Gasteiger partial charge in [0.2, 0.25) is 11.8 Å². The highest BCUT2D eigenvalue weighted by Crippen LogP contribution is 2.24. The maximum atomic E-state index is 12.3. The van der Waals surface area contributed by atoms with E-state index < -0.39 is 29.8 Å². The van der Waals surface area contributed by atoms with Crippen molar-refractivity contribution in [2.45, 2.75) is 18.9 Å². The molecule has 28 heavy (non-hydrogen) atoms. The Balaban J connectivity index is 2.37. The van der Waals surface area contributed by atoms with Gasteiger partial charge in [0.25, 0.3) is 0 Å². The zero-order valence-electron chi connectivity index (χ0n) is 14.9. The van der Waals surface area contributed by atoms with E-state index in [1.54, 1.807) is 60.7 Å². The minimum absolute atomic E-state index is 0.0642. The smallest absolute Gasteiger partial charge is 0.224 e. The lowest BCUT2D eigenvalue weighted by atomic mass is 9.82. The number of nitrogens with zero attached hydrogens (tertiary/aromatic N) is 6. The molecule has 0 unspecified atom stereocenters. The Morgan fingerprint density at radius 2 is 1.14 bits per heavy atom. The molecule has 2 aromatic rings. The maximum absolute atomic E-state index is 12.3. The number of aliphatic hydroxyl groups excluding tert-OH is 1. The van der Waals surface area contributed by atoms with E-state index in [9.17, 15) is 14.7 Å². The van der Waals surface area contributed by atoms with Gasteiger partial charge in [0.15, 0.2) is 0 Å². The summed E-state index contributed by atoms with van der Waals surface area (Å²) in [5.74, 6) is -4.09. The summed E-state index contributed by atoms with van der Waals surface area (Å²) in [6.45, 7) is 0. The molecule has 9 nitrogen and oxygen atoms in total. The fourth-order valence-corrected chi connectivity index (χ4v) is 2.96. The highest BCUT2D eigenvalue weighted by molar-refractivity contribution is 5.84. The Kier molecular flexibility index (Phi) is 7.75. The first-order valence-electron chi connectivity index (χ1n) is 8.50. The van der Waals surface area contributed by atoms with E-state index >= 15 is 0 Å². The van der Waals surface area contributed by atoms with E-state index in [-0.39, 0.29) is 12.8 Å². The second-order valence-corrected chi connectivity index (χ2v) is 6.14. The topological polar surface area (TPSA) is 152 Å². The number of benzene rings is 2. The van der Waals surface area contributed by atoms with Crippen LogP contribution in [0.25, 0.3) is 20.9 Å². The average molecular weight is 378 g/mol. The number of azide groups is 2. The number of carbonyl (C=O) groups excluding carboxylic acids is 2. The summed E-state index contributed by atoms with van der Waals surface area (Å²) in [5.41, 5.74) is 18.7. The number of hydrogen-bond donors (Lipinski definition) is 1. The number of hydrogen-bond acceptors (Lipinski definition) is 3. The first-order chi connectivity index (χ1) is 13.6. The van der Waals surface area contributed by atoms with Gasteiger partial charge in [-0.25, -0.2) is 0 Å². The second-order valence-electron chi connectivity index (χ2n) is 6.14. The first kappa shape index (κ1) is 20.7. The van der Waals surface area contributed by atoms with E-state index in [1.807, 2.05) is 0 Å². The Labute approximate surface area is 160 Å². The van der Waals surface area contributed by atoms with Crippen LogP contribution in [-0.2, 0) is 22.4 Å². The van der Waals surface area contributed by atoms with Crippen LogP contribution in [-0.4, -0.2) is 23.0 Å². The molecule has 2 atom stereocenters. The minimum Gasteiger partial charge on any atom is -0.392 e. The van der Waals surface area contributed by atoms with Gasteiger partial charge >= 0.3 is 0 Å². The molecule has 2 aromatic carbocycles. The van der Waals surface area contributed by atoms with E-state index in [0.29, 0.717) is 0 Å². The number of carbonyl (C=O) groups is 2. The molecule has 0 heterocycles. The molecule has 0 saturated heterocycles. The molecular weight excluding hydrogens is 360 g/mol. The molecular formula is C19H18N6O3. The van der Waals surface area contributed by atoms with Crippen LogP contribution in [0.2, 0.25) is 0 Å². The van der Waals surface area contributed by atoms with Gasteiger partial charge in [-0.15, -0.1) is 0 Å². The van der Waals surface area contributed by atoms with Crippen molar-refractivity contribution in [3.8, 4) is 0 Å². The van der Waals surface area contributed by atoms with Crippen molar-refractivity contribution in [1.82, 2.24) is 0 Å². The quantitative estimate of drug-likeness (QED) is 0.423. The summed E-state index contributed by atoms with van der Waals surface area (Å²) >= 11 is 0. The maximum Gasteiger partial charge on any atom is 0.224 e. The largest absolute Gasteiger partial charge is 0.392 e. The van der Waals surface area contributed by atoms with Gasteiger partial charge in [-0.2, -0.15) is 0 Å². The van der Waals surface area contributed by atoms with Crippen molar-refractivity contribution in [3.63, 3.8) is 0 Å². The third kappa shape index (κ3) is 5.69. The van der Waals surface area contributed by atoms with Crippen molar-refractivity contribution < 1.29 is 14.7 Å². The molecule has 1 N–H and O–H groups in total. The van der Waals surface area contributed by atoms with E-state index in [0.717, 1.165) is 11.1 Å². The molecule has 0 spiro atoms. The van der Waals surface area contributed by atoms with Crippen LogP contribution in [0.5, 0.6) is 0 Å². The number of rotatable bonds is 8. The van der Waals surface area contributed by atoms with Gasteiger partial charge in [0.1, 0.15) is 0 Å². The lowest BCUT2D eigenvalue weighted by Crippen LogP contribution is -2.39. The van der Waals surface area contributed by atoms with Gasteiger partial charge in [0, 0.05) is 9.82 Å². The molecule has 0 fully saturated rings. The molecule has 9 heteroatoms. The van der Waals surface area contributed by atoms with Crippen molar-refractivity contribution >= 4 is 11.8 Å². The van der Waals surface area contributed by atoms with Gasteiger partial charge in [-0.05, 0) is 45.3 Å². The summed E-state index contributed by atoms with van der Waals surface area (Å²) in [7, 11) is 0. The Morgan fingerprint density at radius 1 is 0.786 bits per heavy atom. The Hall–Kier alpha value is -3.64. The summed E-state index contributed by atoms with van der Waals surface area (Å²) in [6, 6.07) is 17.7. The fourth-order valence-electron chi connectivity index (χ4n) is 2.96. The van der Waals surface area contributed by atoms with Crippen molar-refractivity contribution in [2.24, 2.45) is 22.1 Å². The molecule has 0 aromatic heterocycles. The van der Waals surface area contributed by atoms with Crippen LogP contribution in [0.3, 0.4) is 0 Å². The molecule has 0 saturated carbocycles. The van der Waals surface area contributed by atoms with Crippen molar-refractivity contribution in [3.05, 3.63) is 92.7 Å². The normalized spacial score (nSPS) is 13.3. The summed E-state index contributed by atoms with van der Waals surface area (Å²) in [4.78, 5) is 29.7. The third-order valence-electron chi connectivity index (χ3n) is 4.34. The standard InChI is InChI=1S/C19H18N6O3/c20-24-22-18(27)15(11-13-7-3-1-4-8-13)17(26)16(19(28)23-25-21)12-14-9-5-2-6-10-14/h1-10,15-17,26H,11-12H2/t15-,16-/m1/s1. The molecule has 0 aliphatic heterocycles. The van der Waals surface area contributed by atoms with Gasteiger partial charge in [-0.3, -0.25) is 9.59 Å². The second kappa shape index (κ2) is 10.5. The number of aliphatic hydroxyl groups is 1. The average Bonchev–Trinajstić information content (AvgIpc) is 2.71. The van der Waals surface area contributed by atoms with Gasteiger partial charge in [0.05, 0.1) is 17.9 Å². The van der Waals surface area contributed by atoms with Crippen LogP contribution in [0.4, 0.5) is 0 Å². The summed E-state index contributed by atoms with van der Waals surface area (Å²) in [6.07, 6.45) is -1.37. The molecule has 0 radical (unpaired) electrons. The molecule has 2 amide bonds. The highest BCUT2D eigenvalue weighted by atomic mass is 16.3. The summed E-state index contributed by atoms with van der Waals surface area (Å²) < 4.78 is 0. The van der Waals surface area contributed by atoms with Crippen LogP contribution in [0, 0.1) is 11.8 Å². The van der Waals surface area contributed by atoms with Crippen LogP contribution >= 0.6 is 0 Å². The molecule has 0 aliphatic rings. The Morgan fingerprint density at radius 3 is 1.46 bits per heavy atom. The lowest BCUT2D eigenvalue weighted by Gasteiger charge is -2.26. The predicted octanol–water partition coefficient (Wildman–Crippen LogP) is 3.74. The minimum atomic E-state index is -1.50. The zero-order valence-corrected chi connectivity index (χ0v) is 14.9. The Bertz CT molecular complexity index is 830. The lowest BCUT2D eigenvalue weighted by molar-refractivity contribution is -0.132. The molecule has 0 bridgehead atoms. The van der Waals surface area contributed by atoms with E-state index in [1.165, 1.54) is 0 Å². The fraction of sp³-hybridized carbons (Fsp3) is 0.263.